The molecule has 0 radical (unpaired) electrons. The van der Waals surface area contributed by atoms with E-state index in [-0.39, 0.29) is 16.8 Å². The number of hydrogen-bond acceptors (Lipinski definition) is 4. The SMILES string of the molecule is Cc1nc(C(C)NC(=O)c2cc(Br)cn2C)sc1C(=O)O. The average molecular weight is 372 g/mol. The number of nitrogens with zero attached hydrogens (tertiary/aromatic N) is 2. The van der Waals surface area contributed by atoms with Gasteiger partial charge in [-0.2, -0.15) is 0 Å². The van der Waals surface area contributed by atoms with Crippen molar-refractivity contribution in [2.75, 3.05) is 0 Å². The van der Waals surface area contributed by atoms with Crippen molar-refractivity contribution in [2.45, 2.75) is 19.9 Å². The van der Waals surface area contributed by atoms with Gasteiger partial charge in [0.05, 0.1) is 11.7 Å². The van der Waals surface area contributed by atoms with Crippen LogP contribution < -0.4 is 5.32 Å². The Bertz CT molecular complexity index is 708. The highest BCUT2D eigenvalue weighted by molar-refractivity contribution is 9.10. The van der Waals surface area contributed by atoms with Crippen LogP contribution in [0.25, 0.3) is 0 Å². The first-order valence-electron chi connectivity index (χ1n) is 6.13. The number of thiazole rings is 1. The molecule has 8 heteroatoms. The number of carbonyl (C=O) groups is 2. The van der Waals surface area contributed by atoms with Crippen LogP contribution in [0, 0.1) is 6.92 Å². The second kappa shape index (κ2) is 5.98. The monoisotopic (exact) mass is 371 g/mol. The molecule has 1 unspecified atom stereocenters. The molecule has 6 nitrogen and oxygen atoms in total. The van der Waals surface area contributed by atoms with Crippen molar-refractivity contribution in [1.82, 2.24) is 14.9 Å². The Labute approximate surface area is 133 Å². The summed E-state index contributed by atoms with van der Waals surface area (Å²) in [5, 5.41) is 12.4. The van der Waals surface area contributed by atoms with E-state index in [1.165, 1.54) is 0 Å². The summed E-state index contributed by atoms with van der Waals surface area (Å²) in [7, 11) is 1.78. The van der Waals surface area contributed by atoms with E-state index in [0.29, 0.717) is 16.4 Å². The first-order chi connectivity index (χ1) is 9.79. The van der Waals surface area contributed by atoms with Crippen LogP contribution in [0.15, 0.2) is 16.7 Å². The third-order valence-corrected chi connectivity index (χ3v) is 4.69. The number of hydrogen-bond donors (Lipinski definition) is 2. The Morgan fingerprint density at radius 2 is 2.19 bits per heavy atom. The lowest BCUT2D eigenvalue weighted by Crippen LogP contribution is -2.28. The molecule has 1 atom stereocenters. The van der Waals surface area contributed by atoms with E-state index in [0.717, 1.165) is 15.8 Å². The molecule has 2 rings (SSSR count). The molecule has 0 saturated carbocycles. The molecule has 0 aliphatic heterocycles. The molecule has 0 fully saturated rings. The summed E-state index contributed by atoms with van der Waals surface area (Å²) in [6.45, 7) is 3.42. The molecule has 112 valence electrons. The van der Waals surface area contributed by atoms with Crippen molar-refractivity contribution in [3.05, 3.63) is 38.0 Å². The van der Waals surface area contributed by atoms with Crippen molar-refractivity contribution in [1.29, 1.82) is 0 Å². The van der Waals surface area contributed by atoms with Crippen molar-refractivity contribution < 1.29 is 14.7 Å². The van der Waals surface area contributed by atoms with Gasteiger partial charge in [-0.15, -0.1) is 11.3 Å². The molecule has 0 aromatic carbocycles. The summed E-state index contributed by atoms with van der Waals surface area (Å²) in [5.41, 5.74) is 0.977. The summed E-state index contributed by atoms with van der Waals surface area (Å²) < 4.78 is 2.53. The molecule has 0 spiro atoms. The molecule has 2 N–H and O–H groups in total. The summed E-state index contributed by atoms with van der Waals surface area (Å²) in [6.07, 6.45) is 1.79. The summed E-state index contributed by atoms with van der Waals surface area (Å²) >= 11 is 4.40. The number of halogens is 1. The highest BCUT2D eigenvalue weighted by atomic mass is 79.9. The first-order valence-corrected chi connectivity index (χ1v) is 7.74. The van der Waals surface area contributed by atoms with Gasteiger partial charge in [0.25, 0.3) is 5.91 Å². The number of aromatic carboxylic acids is 1. The molecule has 0 aliphatic carbocycles. The lowest BCUT2D eigenvalue weighted by atomic mass is 10.3. The van der Waals surface area contributed by atoms with Crippen LogP contribution in [0.1, 0.15) is 43.8 Å². The second-order valence-corrected chi connectivity index (χ2v) is 6.57. The van der Waals surface area contributed by atoms with Crippen molar-refractivity contribution in [3.8, 4) is 0 Å². The van der Waals surface area contributed by atoms with Crippen LogP contribution in [0.2, 0.25) is 0 Å². The lowest BCUT2D eigenvalue weighted by molar-refractivity contribution is 0.0701. The fourth-order valence-corrected chi connectivity index (χ4v) is 3.32. The Balaban J connectivity index is 2.16. The maximum absolute atomic E-state index is 12.2. The van der Waals surface area contributed by atoms with Crippen LogP contribution in [0.3, 0.4) is 0 Å². The Morgan fingerprint density at radius 1 is 1.52 bits per heavy atom. The minimum atomic E-state index is -0.999. The number of carboxylic acids is 1. The van der Waals surface area contributed by atoms with Crippen LogP contribution in [0.4, 0.5) is 0 Å². The van der Waals surface area contributed by atoms with E-state index < -0.39 is 5.97 Å². The van der Waals surface area contributed by atoms with E-state index in [1.54, 1.807) is 37.7 Å². The number of aryl methyl sites for hydroxylation is 2. The second-order valence-electron chi connectivity index (χ2n) is 4.62. The van der Waals surface area contributed by atoms with Crippen molar-refractivity contribution >= 4 is 39.1 Å². The highest BCUT2D eigenvalue weighted by Gasteiger charge is 2.20. The summed E-state index contributed by atoms with van der Waals surface area (Å²) in [4.78, 5) is 27.6. The predicted molar refractivity (Wildman–Crippen MR) is 82.8 cm³/mol. The quantitative estimate of drug-likeness (QED) is 0.865. The molecule has 2 heterocycles. The van der Waals surface area contributed by atoms with E-state index in [1.807, 2.05) is 0 Å². The average Bonchev–Trinajstić information content (AvgIpc) is 2.92. The lowest BCUT2D eigenvalue weighted by Gasteiger charge is -2.11. The van der Waals surface area contributed by atoms with Crippen molar-refractivity contribution in [2.24, 2.45) is 7.05 Å². The van der Waals surface area contributed by atoms with E-state index in [2.05, 4.69) is 26.2 Å². The van der Waals surface area contributed by atoms with Gasteiger partial charge in [-0.05, 0) is 35.8 Å². The molecule has 2 aromatic heterocycles. The molecule has 2 aromatic rings. The van der Waals surface area contributed by atoms with Crippen LogP contribution in [-0.4, -0.2) is 26.5 Å². The van der Waals surface area contributed by atoms with Gasteiger partial charge in [0.15, 0.2) is 0 Å². The van der Waals surface area contributed by atoms with Crippen LogP contribution in [0.5, 0.6) is 0 Å². The number of rotatable bonds is 4. The Kier molecular flexibility index (Phi) is 4.48. The van der Waals surface area contributed by atoms with E-state index >= 15 is 0 Å². The van der Waals surface area contributed by atoms with E-state index in [9.17, 15) is 9.59 Å². The van der Waals surface area contributed by atoms with Gasteiger partial charge in [-0.25, -0.2) is 9.78 Å². The normalized spacial score (nSPS) is 12.2. The zero-order valence-electron chi connectivity index (χ0n) is 11.7. The molecule has 21 heavy (non-hydrogen) atoms. The van der Waals surface area contributed by atoms with Crippen LogP contribution in [-0.2, 0) is 7.05 Å². The maximum Gasteiger partial charge on any atom is 0.347 e. The fourth-order valence-electron chi connectivity index (χ4n) is 1.88. The number of amides is 1. The standard InChI is InChI=1S/C13H14BrN3O3S/c1-6-10(13(19)20)21-12(16-6)7(2)15-11(18)9-4-8(14)5-17(9)3/h4-5,7H,1-3H3,(H,15,18)(H,19,20). The van der Waals surface area contributed by atoms with Gasteiger partial charge < -0.3 is 15.0 Å². The van der Waals surface area contributed by atoms with E-state index in [4.69, 9.17) is 5.11 Å². The predicted octanol–water partition coefficient (Wildman–Crippen LogP) is 2.74. The zero-order valence-corrected chi connectivity index (χ0v) is 14.1. The van der Waals surface area contributed by atoms with Gasteiger partial charge >= 0.3 is 5.97 Å². The largest absolute Gasteiger partial charge is 0.477 e. The Hall–Kier alpha value is -1.67. The zero-order chi connectivity index (χ0) is 15.7. The molecule has 1 amide bonds. The number of carboxylic acid groups (broad SMARTS) is 1. The molecular formula is C13H14BrN3O3S. The highest BCUT2D eigenvalue weighted by Crippen LogP contribution is 2.24. The number of carbonyl (C=O) groups excluding carboxylic acids is 1. The smallest absolute Gasteiger partial charge is 0.347 e. The first kappa shape index (κ1) is 15.7. The minimum Gasteiger partial charge on any atom is -0.477 e. The Morgan fingerprint density at radius 3 is 2.67 bits per heavy atom. The van der Waals surface area contributed by atoms with Gasteiger partial charge in [0.1, 0.15) is 15.6 Å². The van der Waals surface area contributed by atoms with Gasteiger partial charge in [-0.3, -0.25) is 4.79 Å². The summed E-state index contributed by atoms with van der Waals surface area (Å²) in [5.74, 6) is -1.23. The molecule has 0 saturated heterocycles. The molecular weight excluding hydrogens is 358 g/mol. The van der Waals surface area contributed by atoms with Crippen molar-refractivity contribution in [3.63, 3.8) is 0 Å². The minimum absolute atomic E-state index is 0.202. The number of nitrogens with one attached hydrogen (secondary N) is 1. The fraction of sp³-hybridized carbons (Fsp3) is 0.308. The summed E-state index contributed by atoms with van der Waals surface area (Å²) in [6, 6.07) is 1.36. The van der Waals surface area contributed by atoms with Gasteiger partial charge in [-0.1, -0.05) is 0 Å². The van der Waals surface area contributed by atoms with Gasteiger partial charge in [0.2, 0.25) is 0 Å². The third-order valence-electron chi connectivity index (χ3n) is 2.93. The number of aromatic nitrogens is 2. The van der Waals surface area contributed by atoms with Crippen LogP contribution >= 0.6 is 27.3 Å². The third kappa shape index (κ3) is 3.33. The molecule has 0 aliphatic rings. The van der Waals surface area contributed by atoms with Gasteiger partial charge in [0, 0.05) is 17.7 Å². The maximum atomic E-state index is 12.2. The molecule has 0 bridgehead atoms. The topological polar surface area (TPSA) is 84.2 Å².